The smallest absolute Gasteiger partial charge is 0.259 e. The SMILES string of the molecule is Cc1c(C(=O)Nc2ccc3nc(CN4CCOCC4)[nH]c3c2)cnn1-c1ccccc1F. The molecule has 3 heterocycles. The highest BCUT2D eigenvalue weighted by molar-refractivity contribution is 6.05. The van der Waals surface area contributed by atoms with Crippen LogP contribution in [0, 0.1) is 12.7 Å². The summed E-state index contributed by atoms with van der Waals surface area (Å²) in [5.41, 5.74) is 3.58. The number of ether oxygens (including phenoxy) is 1. The number of anilines is 1. The quantitative estimate of drug-likeness (QED) is 0.503. The molecule has 1 aliphatic heterocycles. The largest absolute Gasteiger partial charge is 0.379 e. The van der Waals surface area contributed by atoms with E-state index in [1.807, 2.05) is 18.2 Å². The second-order valence-electron chi connectivity index (χ2n) is 7.76. The molecule has 0 spiro atoms. The second-order valence-corrected chi connectivity index (χ2v) is 7.76. The molecule has 1 saturated heterocycles. The number of hydrogen-bond donors (Lipinski definition) is 2. The lowest BCUT2D eigenvalue weighted by Crippen LogP contribution is -2.35. The van der Waals surface area contributed by atoms with Gasteiger partial charge in [-0.15, -0.1) is 0 Å². The summed E-state index contributed by atoms with van der Waals surface area (Å²) < 4.78 is 21.0. The van der Waals surface area contributed by atoms with E-state index in [9.17, 15) is 9.18 Å². The summed E-state index contributed by atoms with van der Waals surface area (Å²) in [6.45, 7) is 5.72. The van der Waals surface area contributed by atoms with Gasteiger partial charge in [-0.05, 0) is 37.3 Å². The molecule has 9 heteroatoms. The van der Waals surface area contributed by atoms with Crippen LogP contribution in [0.5, 0.6) is 0 Å². The number of rotatable bonds is 5. The molecule has 0 radical (unpaired) electrons. The van der Waals surface area contributed by atoms with Gasteiger partial charge in [0.1, 0.15) is 17.3 Å². The number of morpholine rings is 1. The predicted octanol–water partition coefficient (Wildman–Crippen LogP) is 3.28. The molecule has 0 unspecified atom stereocenters. The number of carbonyl (C=O) groups excluding carboxylic acids is 1. The summed E-state index contributed by atoms with van der Waals surface area (Å²) in [6.07, 6.45) is 1.45. The highest BCUT2D eigenvalue weighted by atomic mass is 19.1. The molecule has 164 valence electrons. The van der Waals surface area contributed by atoms with Gasteiger partial charge in [0.25, 0.3) is 5.91 Å². The molecule has 1 amide bonds. The minimum absolute atomic E-state index is 0.302. The first-order valence-electron chi connectivity index (χ1n) is 10.5. The Labute approximate surface area is 184 Å². The van der Waals surface area contributed by atoms with Crippen molar-refractivity contribution in [3.8, 4) is 5.69 Å². The second kappa shape index (κ2) is 8.52. The summed E-state index contributed by atoms with van der Waals surface area (Å²) in [5.74, 6) is 0.174. The van der Waals surface area contributed by atoms with Gasteiger partial charge in [0.15, 0.2) is 0 Å². The van der Waals surface area contributed by atoms with Crippen molar-refractivity contribution in [3.63, 3.8) is 0 Å². The van der Waals surface area contributed by atoms with Crippen molar-refractivity contribution >= 4 is 22.6 Å². The first kappa shape index (κ1) is 20.3. The molecular weight excluding hydrogens is 411 g/mol. The van der Waals surface area contributed by atoms with Crippen molar-refractivity contribution < 1.29 is 13.9 Å². The molecule has 4 aromatic rings. The molecule has 2 aromatic carbocycles. The average molecular weight is 434 g/mol. The number of halogens is 1. The van der Waals surface area contributed by atoms with E-state index in [-0.39, 0.29) is 5.91 Å². The van der Waals surface area contributed by atoms with Gasteiger partial charge >= 0.3 is 0 Å². The standard InChI is InChI=1S/C23H23FN6O2/c1-15-17(13-25-30(15)21-5-3-2-4-18(21)24)23(31)26-16-6-7-19-20(12-16)28-22(27-19)14-29-8-10-32-11-9-29/h2-7,12-13H,8-11,14H2,1H3,(H,26,31)(H,27,28). The summed E-state index contributed by atoms with van der Waals surface area (Å²) in [4.78, 5) is 23.1. The van der Waals surface area contributed by atoms with Gasteiger partial charge in [-0.1, -0.05) is 12.1 Å². The number of H-pyrrole nitrogens is 1. The number of imidazole rings is 1. The average Bonchev–Trinajstić information content (AvgIpc) is 3.37. The number of carbonyl (C=O) groups is 1. The van der Waals surface area contributed by atoms with Crippen LogP contribution >= 0.6 is 0 Å². The monoisotopic (exact) mass is 434 g/mol. The lowest BCUT2D eigenvalue weighted by molar-refractivity contribution is 0.0332. The third-order valence-corrected chi connectivity index (χ3v) is 5.60. The van der Waals surface area contributed by atoms with Crippen molar-refractivity contribution in [3.05, 3.63) is 71.6 Å². The zero-order valence-electron chi connectivity index (χ0n) is 17.6. The van der Waals surface area contributed by atoms with E-state index >= 15 is 0 Å². The Morgan fingerprint density at radius 1 is 1.22 bits per heavy atom. The lowest BCUT2D eigenvalue weighted by Gasteiger charge is -2.25. The van der Waals surface area contributed by atoms with E-state index in [1.165, 1.54) is 16.9 Å². The minimum Gasteiger partial charge on any atom is -0.379 e. The van der Waals surface area contributed by atoms with E-state index in [0.717, 1.165) is 49.7 Å². The predicted molar refractivity (Wildman–Crippen MR) is 118 cm³/mol. The van der Waals surface area contributed by atoms with Crippen LogP contribution in [0.1, 0.15) is 21.9 Å². The van der Waals surface area contributed by atoms with Gasteiger partial charge < -0.3 is 15.0 Å². The number of benzene rings is 2. The number of fused-ring (bicyclic) bond motifs is 1. The number of hydrogen-bond acceptors (Lipinski definition) is 5. The Hall–Kier alpha value is -3.56. The molecule has 1 aliphatic rings. The lowest BCUT2D eigenvalue weighted by atomic mass is 10.2. The minimum atomic E-state index is -0.400. The molecule has 0 bridgehead atoms. The van der Waals surface area contributed by atoms with Gasteiger partial charge in [-0.3, -0.25) is 9.69 Å². The Kier molecular flexibility index (Phi) is 5.42. The van der Waals surface area contributed by atoms with Crippen LogP contribution in [0.2, 0.25) is 0 Å². The summed E-state index contributed by atoms with van der Waals surface area (Å²) in [6, 6.07) is 11.9. The third-order valence-electron chi connectivity index (χ3n) is 5.60. The Morgan fingerprint density at radius 3 is 2.84 bits per heavy atom. The highest BCUT2D eigenvalue weighted by Gasteiger charge is 2.18. The van der Waals surface area contributed by atoms with Crippen LogP contribution in [-0.4, -0.2) is 56.9 Å². The van der Waals surface area contributed by atoms with Crippen LogP contribution in [0.4, 0.5) is 10.1 Å². The third kappa shape index (κ3) is 4.00. The number of aromatic nitrogens is 4. The van der Waals surface area contributed by atoms with Crippen molar-refractivity contribution in [2.45, 2.75) is 13.5 Å². The molecule has 0 saturated carbocycles. The maximum atomic E-state index is 14.1. The van der Waals surface area contributed by atoms with Gasteiger partial charge in [0.05, 0.1) is 48.2 Å². The summed E-state index contributed by atoms with van der Waals surface area (Å²) in [5, 5.41) is 7.10. The summed E-state index contributed by atoms with van der Waals surface area (Å²) >= 11 is 0. The molecule has 0 atom stereocenters. The van der Waals surface area contributed by atoms with Gasteiger partial charge in [-0.25, -0.2) is 14.1 Å². The number of aromatic amines is 1. The van der Waals surface area contributed by atoms with Crippen LogP contribution in [0.3, 0.4) is 0 Å². The first-order chi connectivity index (χ1) is 15.6. The normalized spacial score (nSPS) is 14.7. The molecule has 5 rings (SSSR count). The maximum absolute atomic E-state index is 14.1. The first-order valence-corrected chi connectivity index (χ1v) is 10.5. The van der Waals surface area contributed by atoms with Crippen molar-refractivity contribution in [1.29, 1.82) is 0 Å². The number of amides is 1. The van der Waals surface area contributed by atoms with Crippen LogP contribution in [0.15, 0.2) is 48.7 Å². The zero-order chi connectivity index (χ0) is 22.1. The molecule has 1 fully saturated rings. The molecular formula is C23H23FN6O2. The number of nitrogens with zero attached hydrogens (tertiary/aromatic N) is 4. The Morgan fingerprint density at radius 2 is 2.03 bits per heavy atom. The fourth-order valence-electron chi connectivity index (χ4n) is 3.88. The van der Waals surface area contributed by atoms with Gasteiger partial charge in [0.2, 0.25) is 0 Å². The van der Waals surface area contributed by atoms with Crippen LogP contribution in [-0.2, 0) is 11.3 Å². The Balaban J connectivity index is 1.33. The number of nitrogens with one attached hydrogen (secondary N) is 2. The molecule has 2 aromatic heterocycles. The van der Waals surface area contributed by atoms with E-state index in [0.29, 0.717) is 22.6 Å². The maximum Gasteiger partial charge on any atom is 0.259 e. The highest BCUT2D eigenvalue weighted by Crippen LogP contribution is 2.21. The zero-order valence-corrected chi connectivity index (χ0v) is 17.6. The Bertz CT molecular complexity index is 1270. The van der Waals surface area contributed by atoms with Crippen molar-refractivity contribution in [1.82, 2.24) is 24.6 Å². The van der Waals surface area contributed by atoms with Crippen molar-refractivity contribution in [2.24, 2.45) is 0 Å². The summed E-state index contributed by atoms with van der Waals surface area (Å²) in [7, 11) is 0. The van der Waals surface area contributed by atoms with Gasteiger partial charge in [0, 0.05) is 18.8 Å². The van der Waals surface area contributed by atoms with Crippen LogP contribution in [0.25, 0.3) is 16.7 Å². The van der Waals surface area contributed by atoms with E-state index in [4.69, 9.17) is 4.74 Å². The van der Waals surface area contributed by atoms with Crippen molar-refractivity contribution in [2.75, 3.05) is 31.6 Å². The van der Waals surface area contributed by atoms with E-state index in [2.05, 4.69) is 25.3 Å². The number of para-hydroxylation sites is 1. The fraction of sp³-hybridized carbons (Fsp3) is 0.261. The topological polar surface area (TPSA) is 88.1 Å². The van der Waals surface area contributed by atoms with E-state index < -0.39 is 5.82 Å². The molecule has 0 aliphatic carbocycles. The molecule has 2 N–H and O–H groups in total. The van der Waals surface area contributed by atoms with Gasteiger partial charge in [-0.2, -0.15) is 5.10 Å². The fourth-order valence-corrected chi connectivity index (χ4v) is 3.88. The molecule has 32 heavy (non-hydrogen) atoms. The molecule has 8 nitrogen and oxygen atoms in total. The van der Waals surface area contributed by atoms with E-state index in [1.54, 1.807) is 25.1 Å². The van der Waals surface area contributed by atoms with Crippen LogP contribution < -0.4 is 5.32 Å².